The van der Waals surface area contributed by atoms with Crippen molar-refractivity contribution in [1.82, 2.24) is 0 Å². The van der Waals surface area contributed by atoms with Crippen LogP contribution in [0.5, 0.6) is 0 Å². The summed E-state index contributed by atoms with van der Waals surface area (Å²) in [6, 6.07) is 15.9. The summed E-state index contributed by atoms with van der Waals surface area (Å²) < 4.78 is 28.8. The summed E-state index contributed by atoms with van der Waals surface area (Å²) >= 11 is -0.943. The Kier molecular flexibility index (Phi) is 4.01. The molecule has 0 aliphatic rings. The Hall–Kier alpha value is -1.76. The number of benzene rings is 2. The molecule has 0 atom stereocenters. The van der Waals surface area contributed by atoms with Crippen LogP contribution in [0.1, 0.15) is 0 Å². The summed E-state index contributed by atoms with van der Waals surface area (Å²) in [6.45, 7) is 0. The van der Waals surface area contributed by atoms with Gasteiger partial charge in [-0.3, -0.25) is 0 Å². The summed E-state index contributed by atoms with van der Waals surface area (Å²) in [7, 11) is 0. The van der Waals surface area contributed by atoms with Crippen molar-refractivity contribution in [1.29, 1.82) is 0 Å². The molecule has 0 bridgehead atoms. The van der Waals surface area contributed by atoms with Gasteiger partial charge in [0.2, 0.25) is 0 Å². The third kappa shape index (κ3) is 3.12. The Morgan fingerprint density at radius 3 is 2.29 bits per heavy atom. The maximum absolute atomic E-state index is 13.9. The predicted octanol–water partition coefficient (Wildman–Crippen LogP) is 3.72. The number of hydrogen-bond acceptors (Lipinski definition) is 1. The van der Waals surface area contributed by atoms with Gasteiger partial charge in [-0.05, 0) is 0 Å². The molecule has 2 aromatic carbocycles. The minimum absolute atomic E-state index is 0.177. The molecular weight excluding hydrogens is 386 g/mol. The van der Waals surface area contributed by atoms with Gasteiger partial charge in [-0.15, -0.1) is 0 Å². The average Bonchev–Trinajstić information content (AvgIpc) is 2.50. The second-order valence-corrected chi connectivity index (χ2v) is 7.61. The van der Waals surface area contributed by atoms with Gasteiger partial charge in [0.1, 0.15) is 0 Å². The van der Waals surface area contributed by atoms with Gasteiger partial charge in [0, 0.05) is 0 Å². The topological polar surface area (TPSA) is 17.1 Å². The van der Waals surface area contributed by atoms with Gasteiger partial charge in [-0.2, -0.15) is 0 Å². The molecule has 4 heteroatoms. The average molecular weight is 396 g/mol. The first-order chi connectivity index (χ1) is 10.1. The number of rotatable bonds is 2. The van der Waals surface area contributed by atoms with E-state index in [-0.39, 0.29) is 11.0 Å². The van der Waals surface area contributed by atoms with Crippen molar-refractivity contribution in [3.8, 4) is 18.3 Å². The van der Waals surface area contributed by atoms with E-state index in [1.54, 1.807) is 6.07 Å². The monoisotopic (exact) mass is 398 g/mol. The fraction of sp³-hybridized carbons (Fsp3) is 0. The molecule has 0 aliphatic heterocycles. The van der Waals surface area contributed by atoms with E-state index in [2.05, 4.69) is 0 Å². The zero-order valence-electron chi connectivity index (χ0n) is 10.8. The molecule has 0 radical (unpaired) electrons. The van der Waals surface area contributed by atoms with Crippen LogP contribution in [0.2, 0.25) is 0 Å². The molecule has 0 spiro atoms. The molecule has 104 valence electrons. The summed E-state index contributed by atoms with van der Waals surface area (Å²) in [6.07, 6.45) is 0. The molecule has 21 heavy (non-hydrogen) atoms. The van der Waals surface area contributed by atoms with E-state index in [1.165, 1.54) is 6.07 Å². The standard InChI is InChI=1S/C17H10F2OTe/c18-12-6-7-15(19)14(8-12)17-10-13(20)9-16(21-17)11-4-2-1-3-5-11/h1-10H. The van der Waals surface area contributed by atoms with E-state index in [9.17, 15) is 13.6 Å². The third-order valence-corrected chi connectivity index (χ3v) is 6.25. The van der Waals surface area contributed by atoms with Gasteiger partial charge >= 0.3 is 130 Å². The quantitative estimate of drug-likeness (QED) is 0.604. The third-order valence-electron chi connectivity index (χ3n) is 3.02. The zero-order chi connectivity index (χ0) is 14.8. The first-order valence-electron chi connectivity index (χ1n) is 6.29. The van der Waals surface area contributed by atoms with Crippen LogP contribution in [0.15, 0.2) is 65.5 Å². The van der Waals surface area contributed by atoms with Crippen LogP contribution in [-0.2, 0) is 0 Å². The van der Waals surface area contributed by atoms with E-state index in [0.29, 0.717) is 3.58 Å². The minimum atomic E-state index is -0.943. The Labute approximate surface area is 130 Å². The molecule has 0 unspecified atom stereocenters. The molecule has 3 rings (SSSR count). The van der Waals surface area contributed by atoms with Crippen molar-refractivity contribution in [3.63, 3.8) is 0 Å². The van der Waals surface area contributed by atoms with E-state index in [1.807, 2.05) is 30.3 Å². The summed E-state index contributed by atoms with van der Waals surface area (Å²) in [5.41, 5.74) is 0.992. The SMILES string of the molecule is O=c1cc(-c2ccccc2)[te]c(-c2cc(F)ccc2F)c1. The van der Waals surface area contributed by atoms with Crippen LogP contribution in [0.3, 0.4) is 0 Å². The molecule has 3 aromatic rings. The summed E-state index contributed by atoms with van der Waals surface area (Å²) in [4.78, 5) is 11.9. The molecule has 0 fully saturated rings. The second-order valence-electron chi connectivity index (χ2n) is 4.51. The van der Waals surface area contributed by atoms with E-state index < -0.39 is 32.1 Å². The molecule has 0 saturated carbocycles. The molecule has 0 N–H and O–H groups in total. The van der Waals surface area contributed by atoms with Crippen molar-refractivity contribution < 1.29 is 8.78 Å². The van der Waals surface area contributed by atoms with Crippen molar-refractivity contribution >= 4 is 20.4 Å². The van der Waals surface area contributed by atoms with Gasteiger partial charge < -0.3 is 0 Å². The van der Waals surface area contributed by atoms with Crippen LogP contribution in [0.25, 0.3) is 18.3 Å². The van der Waals surface area contributed by atoms with Crippen LogP contribution in [-0.4, -0.2) is 20.4 Å². The summed E-state index contributed by atoms with van der Waals surface area (Å²) in [5.74, 6) is -0.988. The van der Waals surface area contributed by atoms with Crippen molar-refractivity contribution in [3.05, 3.63) is 82.5 Å². The van der Waals surface area contributed by atoms with Crippen molar-refractivity contribution in [2.75, 3.05) is 0 Å². The maximum atomic E-state index is 13.9. The van der Waals surface area contributed by atoms with Crippen LogP contribution in [0, 0.1) is 11.6 Å². The van der Waals surface area contributed by atoms with Crippen molar-refractivity contribution in [2.45, 2.75) is 0 Å². The van der Waals surface area contributed by atoms with E-state index in [4.69, 9.17) is 0 Å². The molecule has 0 saturated heterocycles. The molecule has 0 aliphatic carbocycles. The van der Waals surface area contributed by atoms with Crippen LogP contribution < -0.4 is 5.43 Å². The Morgan fingerprint density at radius 1 is 0.810 bits per heavy atom. The first-order valence-corrected chi connectivity index (χ1v) is 8.62. The van der Waals surface area contributed by atoms with Gasteiger partial charge in [-0.25, -0.2) is 0 Å². The molecular formula is C17H10F2OTe. The molecule has 0 amide bonds. The fourth-order valence-corrected chi connectivity index (χ4v) is 5.20. The van der Waals surface area contributed by atoms with Crippen molar-refractivity contribution in [2.24, 2.45) is 0 Å². The predicted molar refractivity (Wildman–Crippen MR) is 80.4 cm³/mol. The Bertz CT molecular complexity index is 841. The zero-order valence-corrected chi connectivity index (χ0v) is 13.2. The molecule has 1 nitrogen and oxygen atoms in total. The first kappa shape index (κ1) is 14.2. The van der Waals surface area contributed by atoms with Gasteiger partial charge in [0.25, 0.3) is 0 Å². The second kappa shape index (κ2) is 5.93. The van der Waals surface area contributed by atoms with Gasteiger partial charge in [-0.1, -0.05) is 0 Å². The van der Waals surface area contributed by atoms with Gasteiger partial charge in [0.05, 0.1) is 0 Å². The Balaban J connectivity index is 2.19. The molecule has 1 aromatic heterocycles. The number of hydrogen-bond donors (Lipinski definition) is 0. The Morgan fingerprint density at radius 2 is 1.52 bits per heavy atom. The van der Waals surface area contributed by atoms with E-state index >= 15 is 0 Å². The number of halogens is 2. The van der Waals surface area contributed by atoms with Gasteiger partial charge in [0.15, 0.2) is 0 Å². The van der Waals surface area contributed by atoms with Crippen LogP contribution in [0.4, 0.5) is 8.78 Å². The fourth-order valence-electron chi connectivity index (χ4n) is 2.04. The molecule has 1 heterocycles. The van der Waals surface area contributed by atoms with Crippen LogP contribution >= 0.6 is 0 Å². The summed E-state index contributed by atoms with van der Waals surface area (Å²) in [5, 5.41) is 0. The van der Waals surface area contributed by atoms with E-state index in [0.717, 1.165) is 27.3 Å². The normalized spacial score (nSPS) is 10.6.